The summed E-state index contributed by atoms with van der Waals surface area (Å²) < 4.78 is 0. The molecule has 0 radical (unpaired) electrons. The van der Waals surface area contributed by atoms with Gasteiger partial charge < -0.3 is 9.80 Å². The lowest BCUT2D eigenvalue weighted by atomic mass is 10.3. The Bertz CT molecular complexity index is 215. The van der Waals surface area contributed by atoms with Crippen LogP contribution in [0.5, 0.6) is 0 Å². The van der Waals surface area contributed by atoms with Crippen LogP contribution in [-0.2, 0) is 4.79 Å². The number of hydrogen-bond donors (Lipinski definition) is 0. The smallest absolute Gasteiger partial charge is 0.320 e. The molecule has 1 rings (SSSR count). The van der Waals surface area contributed by atoms with E-state index in [2.05, 4.69) is 0 Å². The SMILES string of the molecule is CC(=O)CN1CC(C)N(C)C1=O. The van der Waals surface area contributed by atoms with Crippen LogP contribution in [0.3, 0.4) is 0 Å². The maximum absolute atomic E-state index is 11.4. The van der Waals surface area contributed by atoms with Crippen molar-refractivity contribution in [3.05, 3.63) is 0 Å². The quantitative estimate of drug-likeness (QED) is 0.599. The van der Waals surface area contributed by atoms with Gasteiger partial charge in [-0.25, -0.2) is 4.79 Å². The van der Waals surface area contributed by atoms with Gasteiger partial charge in [0.05, 0.1) is 6.54 Å². The summed E-state index contributed by atoms with van der Waals surface area (Å²) in [6.07, 6.45) is 0. The number of nitrogens with zero attached hydrogens (tertiary/aromatic N) is 2. The fraction of sp³-hybridized carbons (Fsp3) is 0.750. The predicted molar refractivity (Wildman–Crippen MR) is 44.9 cm³/mol. The summed E-state index contributed by atoms with van der Waals surface area (Å²) >= 11 is 0. The Morgan fingerprint density at radius 2 is 2.25 bits per heavy atom. The largest absolute Gasteiger partial charge is 0.323 e. The molecule has 1 fully saturated rings. The number of Topliss-reactive ketones (excluding diaryl/α,β-unsaturated/α-hetero) is 1. The molecular formula is C8H14N2O2. The molecule has 2 amide bonds. The van der Waals surface area contributed by atoms with E-state index >= 15 is 0 Å². The lowest BCUT2D eigenvalue weighted by molar-refractivity contribution is -0.117. The van der Waals surface area contributed by atoms with Crippen molar-refractivity contribution < 1.29 is 9.59 Å². The highest BCUT2D eigenvalue weighted by Crippen LogP contribution is 2.12. The first kappa shape index (κ1) is 9.03. The Labute approximate surface area is 72.1 Å². The molecular weight excluding hydrogens is 156 g/mol. The van der Waals surface area contributed by atoms with Crippen LogP contribution in [0.1, 0.15) is 13.8 Å². The second-order valence-corrected chi connectivity index (χ2v) is 3.33. The van der Waals surface area contributed by atoms with Gasteiger partial charge in [-0.3, -0.25) is 4.79 Å². The summed E-state index contributed by atoms with van der Waals surface area (Å²) in [6, 6.07) is 0.176. The van der Waals surface area contributed by atoms with Gasteiger partial charge in [-0.1, -0.05) is 0 Å². The Morgan fingerprint density at radius 3 is 2.58 bits per heavy atom. The minimum Gasteiger partial charge on any atom is -0.323 e. The van der Waals surface area contributed by atoms with E-state index in [0.29, 0.717) is 6.54 Å². The third-order valence-corrected chi connectivity index (χ3v) is 2.13. The number of likely N-dealkylation sites (N-methyl/N-ethyl adjacent to an activating group) is 1. The molecule has 0 saturated carbocycles. The minimum atomic E-state index is -0.0438. The Hall–Kier alpha value is -1.06. The van der Waals surface area contributed by atoms with Crippen LogP contribution in [0, 0.1) is 0 Å². The standard InChI is InChI=1S/C8H14N2O2/c1-6-4-10(5-7(2)11)8(12)9(6)3/h6H,4-5H2,1-3H3. The van der Waals surface area contributed by atoms with Crippen molar-refractivity contribution in [1.82, 2.24) is 9.80 Å². The van der Waals surface area contributed by atoms with Crippen molar-refractivity contribution in [2.45, 2.75) is 19.9 Å². The monoisotopic (exact) mass is 170 g/mol. The maximum atomic E-state index is 11.4. The molecule has 1 unspecified atom stereocenters. The van der Waals surface area contributed by atoms with Gasteiger partial charge in [-0.15, -0.1) is 0 Å². The fourth-order valence-corrected chi connectivity index (χ4v) is 1.33. The first-order chi connectivity index (χ1) is 5.52. The van der Waals surface area contributed by atoms with E-state index in [1.807, 2.05) is 6.92 Å². The maximum Gasteiger partial charge on any atom is 0.320 e. The third-order valence-electron chi connectivity index (χ3n) is 2.13. The second-order valence-electron chi connectivity index (χ2n) is 3.33. The minimum absolute atomic E-state index is 0.0332. The number of amides is 2. The molecule has 0 N–H and O–H groups in total. The van der Waals surface area contributed by atoms with Crippen LogP contribution in [0.2, 0.25) is 0 Å². The molecule has 0 aromatic carbocycles. The molecule has 0 aliphatic carbocycles. The average Bonchev–Trinajstić information content (AvgIpc) is 2.17. The zero-order chi connectivity index (χ0) is 9.30. The molecule has 1 heterocycles. The zero-order valence-corrected chi connectivity index (χ0v) is 7.70. The molecule has 12 heavy (non-hydrogen) atoms. The lowest BCUT2D eigenvalue weighted by Gasteiger charge is -2.13. The second kappa shape index (κ2) is 3.13. The van der Waals surface area contributed by atoms with E-state index < -0.39 is 0 Å². The summed E-state index contributed by atoms with van der Waals surface area (Å²) in [4.78, 5) is 25.3. The van der Waals surface area contributed by atoms with Crippen LogP contribution in [0.25, 0.3) is 0 Å². The van der Waals surface area contributed by atoms with E-state index in [1.165, 1.54) is 6.92 Å². The highest BCUT2D eigenvalue weighted by molar-refractivity contribution is 5.85. The van der Waals surface area contributed by atoms with Crippen molar-refractivity contribution >= 4 is 11.8 Å². The third kappa shape index (κ3) is 1.57. The van der Waals surface area contributed by atoms with Gasteiger partial charge >= 0.3 is 6.03 Å². The van der Waals surface area contributed by atoms with Crippen LogP contribution in [-0.4, -0.2) is 47.8 Å². The number of carbonyl (C=O) groups is 2. The molecule has 0 bridgehead atoms. The van der Waals surface area contributed by atoms with E-state index in [9.17, 15) is 9.59 Å². The number of rotatable bonds is 2. The molecule has 1 saturated heterocycles. The molecule has 0 spiro atoms. The van der Waals surface area contributed by atoms with Crippen molar-refractivity contribution in [3.8, 4) is 0 Å². The van der Waals surface area contributed by atoms with Crippen molar-refractivity contribution in [2.24, 2.45) is 0 Å². The Balaban J connectivity index is 2.59. The average molecular weight is 170 g/mol. The highest BCUT2D eigenvalue weighted by atomic mass is 16.2. The normalized spacial score (nSPS) is 23.6. The Morgan fingerprint density at radius 1 is 1.67 bits per heavy atom. The molecule has 1 atom stereocenters. The summed E-state index contributed by atoms with van der Waals surface area (Å²) in [5, 5.41) is 0. The Kier molecular flexibility index (Phi) is 2.35. The molecule has 1 aliphatic heterocycles. The number of urea groups is 1. The molecule has 1 aliphatic rings. The van der Waals surface area contributed by atoms with Crippen LogP contribution in [0.4, 0.5) is 4.79 Å². The summed E-state index contributed by atoms with van der Waals surface area (Å²) in [7, 11) is 1.76. The van der Waals surface area contributed by atoms with Crippen LogP contribution in [0.15, 0.2) is 0 Å². The number of carbonyl (C=O) groups excluding carboxylic acids is 2. The molecule has 68 valence electrons. The first-order valence-corrected chi connectivity index (χ1v) is 4.03. The molecule has 4 heteroatoms. The van der Waals surface area contributed by atoms with Crippen LogP contribution >= 0.6 is 0 Å². The van der Waals surface area contributed by atoms with E-state index in [1.54, 1.807) is 16.8 Å². The van der Waals surface area contributed by atoms with Crippen molar-refractivity contribution in [1.29, 1.82) is 0 Å². The topological polar surface area (TPSA) is 40.6 Å². The molecule has 4 nitrogen and oxygen atoms in total. The van der Waals surface area contributed by atoms with Gasteiger partial charge in [-0.05, 0) is 13.8 Å². The van der Waals surface area contributed by atoms with Gasteiger partial charge in [-0.2, -0.15) is 0 Å². The zero-order valence-electron chi connectivity index (χ0n) is 7.70. The van der Waals surface area contributed by atoms with Crippen molar-refractivity contribution in [2.75, 3.05) is 20.1 Å². The van der Waals surface area contributed by atoms with E-state index in [-0.39, 0.29) is 24.4 Å². The van der Waals surface area contributed by atoms with Gasteiger partial charge in [0, 0.05) is 19.6 Å². The van der Waals surface area contributed by atoms with Gasteiger partial charge in [0.15, 0.2) is 0 Å². The molecule has 0 aromatic heterocycles. The fourth-order valence-electron chi connectivity index (χ4n) is 1.33. The number of ketones is 1. The lowest BCUT2D eigenvalue weighted by Crippen LogP contribution is -2.33. The first-order valence-electron chi connectivity index (χ1n) is 4.03. The van der Waals surface area contributed by atoms with Crippen molar-refractivity contribution in [3.63, 3.8) is 0 Å². The predicted octanol–water partition coefficient (Wildman–Crippen LogP) is 0.331. The number of hydrogen-bond acceptors (Lipinski definition) is 2. The summed E-state index contributed by atoms with van der Waals surface area (Å²) in [6.45, 7) is 4.37. The van der Waals surface area contributed by atoms with E-state index in [0.717, 1.165) is 0 Å². The summed E-state index contributed by atoms with van der Waals surface area (Å²) in [5.41, 5.74) is 0. The van der Waals surface area contributed by atoms with Gasteiger partial charge in [0.2, 0.25) is 0 Å². The molecule has 0 aromatic rings. The highest BCUT2D eigenvalue weighted by Gasteiger charge is 2.31. The van der Waals surface area contributed by atoms with Crippen LogP contribution < -0.4 is 0 Å². The summed E-state index contributed by atoms with van der Waals surface area (Å²) in [5.74, 6) is 0.0332. The van der Waals surface area contributed by atoms with Gasteiger partial charge in [0.1, 0.15) is 5.78 Å². The van der Waals surface area contributed by atoms with Gasteiger partial charge in [0.25, 0.3) is 0 Å². The van der Waals surface area contributed by atoms with E-state index in [4.69, 9.17) is 0 Å².